The smallest absolute Gasteiger partial charge is 0.184 e. The summed E-state index contributed by atoms with van der Waals surface area (Å²) in [6.45, 7) is 2.12. The van der Waals surface area contributed by atoms with Gasteiger partial charge in [0.2, 0.25) is 0 Å². The molecule has 0 saturated heterocycles. The molecule has 1 heterocycles. The van der Waals surface area contributed by atoms with Crippen LogP contribution in [0, 0.1) is 0 Å². The predicted molar refractivity (Wildman–Crippen MR) is 83.1 cm³/mol. The maximum Gasteiger partial charge on any atom is 0.184 e. The molecule has 3 rings (SSSR count). The molecule has 0 aliphatic rings. The molecule has 19 heavy (non-hydrogen) atoms. The highest BCUT2D eigenvalue weighted by Gasteiger charge is 2.08. The Kier molecular flexibility index (Phi) is 3.40. The Morgan fingerprint density at radius 2 is 1.84 bits per heavy atom. The molecule has 2 nitrogen and oxygen atoms in total. The summed E-state index contributed by atoms with van der Waals surface area (Å²) in [5, 5.41) is 5.14. The van der Waals surface area contributed by atoms with Gasteiger partial charge in [0.1, 0.15) is 0 Å². The quantitative estimate of drug-likeness (QED) is 0.723. The number of hydrogen-bond acceptors (Lipinski definition) is 3. The van der Waals surface area contributed by atoms with Gasteiger partial charge in [0.05, 0.1) is 16.3 Å². The third-order valence-corrected chi connectivity index (χ3v) is 4.22. The van der Waals surface area contributed by atoms with Gasteiger partial charge in [-0.2, -0.15) is 0 Å². The lowest BCUT2D eigenvalue weighted by Gasteiger charge is -2.13. The van der Waals surface area contributed by atoms with E-state index >= 15 is 0 Å². The zero-order chi connectivity index (χ0) is 13.2. The number of hydrogen-bond donors (Lipinski definition) is 1. The van der Waals surface area contributed by atoms with Crippen LogP contribution in [0.3, 0.4) is 0 Å². The van der Waals surface area contributed by atoms with Crippen LogP contribution in [0.2, 0.25) is 5.02 Å². The minimum atomic E-state index is 0.206. The van der Waals surface area contributed by atoms with E-state index in [-0.39, 0.29) is 6.04 Å². The Hall–Kier alpha value is -1.58. The average molecular weight is 289 g/mol. The number of para-hydroxylation sites is 1. The fourth-order valence-electron chi connectivity index (χ4n) is 1.95. The lowest BCUT2D eigenvalue weighted by molar-refractivity contribution is 0.883. The molecule has 1 N–H and O–H groups in total. The molecule has 0 aliphatic heterocycles. The van der Waals surface area contributed by atoms with Crippen LogP contribution in [-0.2, 0) is 0 Å². The zero-order valence-electron chi connectivity index (χ0n) is 10.4. The molecule has 0 fully saturated rings. The van der Waals surface area contributed by atoms with Gasteiger partial charge < -0.3 is 5.32 Å². The van der Waals surface area contributed by atoms with Crippen molar-refractivity contribution in [3.63, 3.8) is 0 Å². The summed E-state index contributed by atoms with van der Waals surface area (Å²) in [5.41, 5.74) is 2.24. The molecule has 4 heteroatoms. The Bertz CT molecular complexity index is 658. The first kappa shape index (κ1) is 12.5. The maximum atomic E-state index is 5.90. The van der Waals surface area contributed by atoms with Crippen LogP contribution < -0.4 is 5.32 Å². The molecule has 1 atom stereocenters. The van der Waals surface area contributed by atoms with Gasteiger partial charge in [-0.15, -0.1) is 0 Å². The summed E-state index contributed by atoms with van der Waals surface area (Å²) < 4.78 is 1.20. The van der Waals surface area contributed by atoms with Gasteiger partial charge >= 0.3 is 0 Å². The zero-order valence-corrected chi connectivity index (χ0v) is 12.0. The lowest BCUT2D eigenvalue weighted by atomic mass is 10.1. The molecule has 1 unspecified atom stereocenters. The third kappa shape index (κ3) is 2.72. The van der Waals surface area contributed by atoms with Gasteiger partial charge in [0.25, 0.3) is 0 Å². The van der Waals surface area contributed by atoms with E-state index in [2.05, 4.69) is 23.3 Å². The van der Waals surface area contributed by atoms with E-state index in [4.69, 9.17) is 11.6 Å². The largest absolute Gasteiger partial charge is 0.355 e. The van der Waals surface area contributed by atoms with Gasteiger partial charge in [0, 0.05) is 5.02 Å². The number of rotatable bonds is 3. The minimum Gasteiger partial charge on any atom is -0.355 e. The fraction of sp³-hybridized carbons (Fsp3) is 0.133. The molecule has 0 radical (unpaired) electrons. The van der Waals surface area contributed by atoms with Gasteiger partial charge in [-0.1, -0.05) is 47.2 Å². The summed E-state index contributed by atoms with van der Waals surface area (Å²) in [6, 6.07) is 16.3. The van der Waals surface area contributed by atoms with Crippen molar-refractivity contribution >= 4 is 38.3 Å². The van der Waals surface area contributed by atoms with E-state index in [9.17, 15) is 0 Å². The molecule has 1 aromatic heterocycles. The third-order valence-electron chi connectivity index (χ3n) is 3.00. The van der Waals surface area contributed by atoms with E-state index in [1.54, 1.807) is 11.3 Å². The second kappa shape index (κ2) is 5.19. The van der Waals surface area contributed by atoms with Crippen LogP contribution >= 0.6 is 22.9 Å². The van der Waals surface area contributed by atoms with Crippen molar-refractivity contribution in [2.45, 2.75) is 13.0 Å². The number of nitrogens with one attached hydrogen (secondary N) is 1. The predicted octanol–water partition coefficient (Wildman–Crippen LogP) is 5.12. The van der Waals surface area contributed by atoms with Crippen molar-refractivity contribution in [3.05, 3.63) is 59.1 Å². The number of fused-ring (bicyclic) bond motifs is 1. The maximum absolute atomic E-state index is 5.90. The molecular formula is C15H13ClN2S. The average Bonchev–Trinajstić information content (AvgIpc) is 2.81. The van der Waals surface area contributed by atoms with Crippen molar-refractivity contribution < 1.29 is 0 Å². The van der Waals surface area contributed by atoms with Gasteiger partial charge in [-0.05, 0) is 36.8 Å². The molecule has 0 saturated carbocycles. The van der Waals surface area contributed by atoms with Gasteiger partial charge in [-0.3, -0.25) is 0 Å². The van der Waals surface area contributed by atoms with E-state index in [0.717, 1.165) is 15.7 Å². The molecule has 0 amide bonds. The second-order valence-electron chi connectivity index (χ2n) is 4.40. The van der Waals surface area contributed by atoms with Crippen molar-refractivity contribution in [2.75, 3.05) is 5.32 Å². The van der Waals surface area contributed by atoms with Crippen LogP contribution in [-0.4, -0.2) is 4.98 Å². The molecule has 0 aliphatic carbocycles. The van der Waals surface area contributed by atoms with E-state index in [1.807, 2.05) is 42.5 Å². The van der Waals surface area contributed by atoms with Crippen LogP contribution in [0.1, 0.15) is 18.5 Å². The van der Waals surface area contributed by atoms with Crippen LogP contribution in [0.5, 0.6) is 0 Å². The SMILES string of the molecule is CC(Nc1nc2ccccc2s1)c1ccc(Cl)cc1. The highest BCUT2D eigenvalue weighted by molar-refractivity contribution is 7.22. The summed E-state index contributed by atoms with van der Waals surface area (Å²) in [7, 11) is 0. The molecule has 3 aromatic rings. The number of anilines is 1. The normalized spacial score (nSPS) is 12.5. The monoisotopic (exact) mass is 288 g/mol. The first-order chi connectivity index (χ1) is 9.22. The minimum absolute atomic E-state index is 0.206. The van der Waals surface area contributed by atoms with Crippen molar-refractivity contribution in [1.82, 2.24) is 4.98 Å². The van der Waals surface area contributed by atoms with E-state index < -0.39 is 0 Å². The second-order valence-corrected chi connectivity index (χ2v) is 5.87. The standard InChI is InChI=1S/C15H13ClN2S/c1-10(11-6-8-12(16)9-7-11)17-15-18-13-4-2-3-5-14(13)19-15/h2-10H,1H3,(H,17,18). The number of benzene rings is 2. The first-order valence-corrected chi connectivity index (χ1v) is 7.29. The van der Waals surface area contributed by atoms with Crippen molar-refractivity contribution in [2.24, 2.45) is 0 Å². The molecule has 0 spiro atoms. The summed E-state index contributed by atoms with van der Waals surface area (Å²) in [6.07, 6.45) is 0. The Morgan fingerprint density at radius 1 is 1.11 bits per heavy atom. The highest BCUT2D eigenvalue weighted by Crippen LogP contribution is 2.28. The number of aromatic nitrogens is 1. The fourth-order valence-corrected chi connectivity index (χ4v) is 3.03. The van der Waals surface area contributed by atoms with Gasteiger partial charge in [0.15, 0.2) is 5.13 Å². The highest BCUT2D eigenvalue weighted by atomic mass is 35.5. The van der Waals surface area contributed by atoms with Gasteiger partial charge in [-0.25, -0.2) is 4.98 Å². The van der Waals surface area contributed by atoms with Crippen LogP contribution in [0.25, 0.3) is 10.2 Å². The first-order valence-electron chi connectivity index (χ1n) is 6.10. The number of thiazole rings is 1. The summed E-state index contributed by atoms with van der Waals surface area (Å²) in [5.74, 6) is 0. The van der Waals surface area contributed by atoms with Crippen LogP contribution in [0.4, 0.5) is 5.13 Å². The van der Waals surface area contributed by atoms with E-state index in [0.29, 0.717) is 0 Å². The number of nitrogens with zero attached hydrogens (tertiary/aromatic N) is 1. The van der Waals surface area contributed by atoms with Crippen LogP contribution in [0.15, 0.2) is 48.5 Å². The summed E-state index contributed by atoms with van der Waals surface area (Å²) in [4.78, 5) is 4.58. The molecule has 2 aromatic carbocycles. The topological polar surface area (TPSA) is 24.9 Å². The molecular weight excluding hydrogens is 276 g/mol. The molecule has 96 valence electrons. The van der Waals surface area contributed by atoms with Crippen molar-refractivity contribution in [1.29, 1.82) is 0 Å². The lowest BCUT2D eigenvalue weighted by Crippen LogP contribution is -2.05. The summed E-state index contributed by atoms with van der Waals surface area (Å²) >= 11 is 7.57. The Balaban J connectivity index is 1.82. The molecule has 0 bridgehead atoms. The van der Waals surface area contributed by atoms with E-state index in [1.165, 1.54) is 10.3 Å². The Labute approximate surface area is 121 Å². The number of halogens is 1. The Morgan fingerprint density at radius 3 is 2.58 bits per heavy atom. The van der Waals surface area contributed by atoms with Crippen molar-refractivity contribution in [3.8, 4) is 0 Å².